The molecule has 1 rings (SSSR count). The van der Waals surface area contributed by atoms with Crippen molar-refractivity contribution >= 4 is 12.0 Å². The van der Waals surface area contributed by atoms with E-state index in [9.17, 15) is 9.59 Å². The largest absolute Gasteiger partial charge is 0.479 e. The van der Waals surface area contributed by atoms with Gasteiger partial charge in [0.2, 0.25) is 0 Å². The van der Waals surface area contributed by atoms with E-state index in [0.717, 1.165) is 5.69 Å². The number of urea groups is 1. The summed E-state index contributed by atoms with van der Waals surface area (Å²) in [5.41, 5.74) is 1.35. The molecule has 18 heavy (non-hydrogen) atoms. The Bertz CT molecular complexity index is 420. The van der Waals surface area contributed by atoms with Crippen molar-refractivity contribution < 1.29 is 19.8 Å². The van der Waals surface area contributed by atoms with Crippen molar-refractivity contribution in [1.29, 1.82) is 0 Å². The van der Waals surface area contributed by atoms with E-state index >= 15 is 0 Å². The molecule has 1 heterocycles. The van der Waals surface area contributed by atoms with Gasteiger partial charge in [0.15, 0.2) is 6.10 Å². The number of carboxylic acids is 1. The number of aliphatic carboxylic acids is 1. The number of carbonyl (C=O) groups is 2. The van der Waals surface area contributed by atoms with Crippen molar-refractivity contribution in [2.24, 2.45) is 0 Å². The van der Waals surface area contributed by atoms with Gasteiger partial charge in [-0.1, -0.05) is 0 Å². The molecule has 98 valence electrons. The van der Waals surface area contributed by atoms with Crippen molar-refractivity contribution in [3.8, 4) is 0 Å². The molecule has 0 spiro atoms. The normalized spacial score (nSPS) is 11.7. The summed E-state index contributed by atoms with van der Waals surface area (Å²) in [6.45, 7) is 1.60. The van der Waals surface area contributed by atoms with Crippen LogP contribution in [0.4, 0.5) is 4.79 Å². The molecule has 8 nitrogen and oxygen atoms in total. The number of carboxylic acid groups (broad SMARTS) is 1. The van der Waals surface area contributed by atoms with Gasteiger partial charge in [-0.25, -0.2) is 9.59 Å². The van der Waals surface area contributed by atoms with Gasteiger partial charge in [-0.05, 0) is 6.92 Å². The summed E-state index contributed by atoms with van der Waals surface area (Å²) in [7, 11) is 0. The molecular formula is C10H14N4O4. The first-order valence-electron chi connectivity index (χ1n) is 5.19. The minimum atomic E-state index is -1.62. The fourth-order valence-electron chi connectivity index (χ4n) is 1.02. The molecule has 0 saturated heterocycles. The smallest absolute Gasteiger partial charge is 0.334 e. The SMILES string of the molecule is Cc1cnc(CNC(=O)NC[C@H](O)C(=O)O)cn1. The maximum absolute atomic E-state index is 11.2. The predicted molar refractivity (Wildman–Crippen MR) is 60.7 cm³/mol. The number of hydrogen-bond acceptors (Lipinski definition) is 5. The zero-order valence-corrected chi connectivity index (χ0v) is 9.75. The fourth-order valence-corrected chi connectivity index (χ4v) is 1.02. The highest BCUT2D eigenvalue weighted by Gasteiger charge is 2.13. The first-order chi connectivity index (χ1) is 8.49. The lowest BCUT2D eigenvalue weighted by molar-refractivity contribution is -0.146. The van der Waals surface area contributed by atoms with E-state index < -0.39 is 18.1 Å². The topological polar surface area (TPSA) is 124 Å². The first-order valence-corrected chi connectivity index (χ1v) is 5.19. The lowest BCUT2D eigenvalue weighted by atomic mass is 10.3. The number of hydrogen-bond donors (Lipinski definition) is 4. The summed E-state index contributed by atoms with van der Waals surface area (Å²) in [4.78, 5) is 29.5. The molecule has 0 unspecified atom stereocenters. The zero-order valence-electron chi connectivity index (χ0n) is 9.75. The lowest BCUT2D eigenvalue weighted by Crippen LogP contribution is -2.41. The van der Waals surface area contributed by atoms with E-state index in [-0.39, 0.29) is 13.1 Å². The van der Waals surface area contributed by atoms with Crippen LogP contribution < -0.4 is 10.6 Å². The van der Waals surface area contributed by atoms with Crippen molar-refractivity contribution in [1.82, 2.24) is 20.6 Å². The summed E-state index contributed by atoms with van der Waals surface area (Å²) >= 11 is 0. The minimum Gasteiger partial charge on any atom is -0.479 e. The maximum Gasteiger partial charge on any atom is 0.334 e. The summed E-state index contributed by atoms with van der Waals surface area (Å²) < 4.78 is 0. The van der Waals surface area contributed by atoms with Crippen LogP contribution in [0, 0.1) is 6.92 Å². The fraction of sp³-hybridized carbons (Fsp3) is 0.400. The molecule has 1 aromatic rings. The highest BCUT2D eigenvalue weighted by molar-refractivity contribution is 5.76. The number of aryl methyl sites for hydroxylation is 1. The molecule has 0 fully saturated rings. The first kappa shape index (κ1) is 13.8. The molecule has 0 aliphatic heterocycles. The Kier molecular flexibility index (Phi) is 5.00. The van der Waals surface area contributed by atoms with Crippen molar-refractivity contribution in [2.45, 2.75) is 19.6 Å². The number of carbonyl (C=O) groups excluding carboxylic acids is 1. The quantitative estimate of drug-likeness (QED) is 0.536. The highest BCUT2D eigenvalue weighted by atomic mass is 16.4. The number of rotatable bonds is 5. The van der Waals surface area contributed by atoms with Crippen LogP contribution in [0.2, 0.25) is 0 Å². The van der Waals surface area contributed by atoms with Crippen LogP contribution >= 0.6 is 0 Å². The Morgan fingerprint density at radius 3 is 2.61 bits per heavy atom. The third-order valence-electron chi connectivity index (χ3n) is 2.01. The van der Waals surface area contributed by atoms with Crippen LogP contribution in [0.3, 0.4) is 0 Å². The summed E-state index contributed by atoms with van der Waals surface area (Å²) in [5.74, 6) is -1.39. The molecule has 1 atom stereocenters. The number of nitrogens with one attached hydrogen (secondary N) is 2. The molecule has 2 amide bonds. The van der Waals surface area contributed by atoms with E-state index in [1.165, 1.54) is 6.20 Å². The van der Waals surface area contributed by atoms with Crippen molar-refractivity contribution in [3.63, 3.8) is 0 Å². The Morgan fingerprint density at radius 2 is 2.06 bits per heavy atom. The molecule has 4 N–H and O–H groups in total. The van der Waals surface area contributed by atoms with Gasteiger partial charge in [0, 0.05) is 6.20 Å². The van der Waals surface area contributed by atoms with Crippen LogP contribution in [0.15, 0.2) is 12.4 Å². The van der Waals surface area contributed by atoms with Crippen LogP contribution in [0.25, 0.3) is 0 Å². The number of aliphatic hydroxyl groups is 1. The predicted octanol–water partition coefficient (Wildman–Crippen LogP) is -0.970. The third kappa shape index (κ3) is 4.74. The average Bonchev–Trinajstić information content (AvgIpc) is 2.35. The second-order valence-corrected chi connectivity index (χ2v) is 3.57. The van der Waals surface area contributed by atoms with Gasteiger partial charge >= 0.3 is 12.0 Å². The van der Waals surface area contributed by atoms with Gasteiger partial charge in [0.05, 0.1) is 30.7 Å². The van der Waals surface area contributed by atoms with Gasteiger partial charge in [0.1, 0.15) is 0 Å². The second-order valence-electron chi connectivity index (χ2n) is 3.57. The number of amides is 2. The number of aliphatic hydroxyl groups excluding tert-OH is 1. The van der Waals surface area contributed by atoms with Gasteiger partial charge in [-0.3, -0.25) is 9.97 Å². The van der Waals surface area contributed by atoms with Crippen molar-refractivity contribution in [3.05, 3.63) is 23.8 Å². The monoisotopic (exact) mass is 254 g/mol. The molecule has 0 aliphatic rings. The van der Waals surface area contributed by atoms with E-state index in [4.69, 9.17) is 10.2 Å². The zero-order chi connectivity index (χ0) is 13.5. The lowest BCUT2D eigenvalue weighted by Gasteiger charge is -2.09. The third-order valence-corrected chi connectivity index (χ3v) is 2.01. The molecule has 0 saturated carbocycles. The molecule has 1 aromatic heterocycles. The summed E-state index contributed by atoms with van der Waals surface area (Å²) in [6.07, 6.45) is 1.49. The molecule has 0 aromatic carbocycles. The highest BCUT2D eigenvalue weighted by Crippen LogP contribution is 1.93. The number of nitrogens with zero attached hydrogens (tertiary/aromatic N) is 2. The molecule has 0 bridgehead atoms. The second kappa shape index (κ2) is 6.50. The van der Waals surface area contributed by atoms with Gasteiger partial charge < -0.3 is 20.8 Å². The molecule has 0 aliphatic carbocycles. The van der Waals surface area contributed by atoms with E-state index in [1.54, 1.807) is 13.1 Å². The Morgan fingerprint density at radius 1 is 1.33 bits per heavy atom. The summed E-state index contributed by atoms with van der Waals surface area (Å²) in [5, 5.41) is 22.0. The van der Waals surface area contributed by atoms with Crippen LogP contribution in [0.5, 0.6) is 0 Å². The van der Waals surface area contributed by atoms with E-state index in [1.807, 2.05) is 0 Å². The van der Waals surface area contributed by atoms with E-state index in [2.05, 4.69) is 20.6 Å². The maximum atomic E-state index is 11.2. The standard InChI is InChI=1S/C10H14N4O4/c1-6-2-12-7(3-11-6)4-13-10(18)14-5-8(15)9(16)17/h2-3,8,15H,4-5H2,1H3,(H,16,17)(H2,13,14,18)/t8-/m0/s1. The Hall–Kier alpha value is -2.22. The van der Waals surface area contributed by atoms with Crippen molar-refractivity contribution in [2.75, 3.05) is 6.54 Å². The molecule has 8 heteroatoms. The minimum absolute atomic E-state index is 0.169. The van der Waals surface area contributed by atoms with Gasteiger partial charge in [-0.15, -0.1) is 0 Å². The number of aromatic nitrogens is 2. The Labute approximate surface area is 103 Å². The van der Waals surface area contributed by atoms with Gasteiger partial charge in [-0.2, -0.15) is 0 Å². The van der Waals surface area contributed by atoms with Crippen LogP contribution in [-0.4, -0.2) is 44.8 Å². The van der Waals surface area contributed by atoms with E-state index in [0.29, 0.717) is 5.69 Å². The summed E-state index contributed by atoms with van der Waals surface area (Å²) in [6, 6.07) is -0.585. The van der Waals surface area contributed by atoms with Crippen LogP contribution in [-0.2, 0) is 11.3 Å². The van der Waals surface area contributed by atoms with Crippen LogP contribution in [0.1, 0.15) is 11.4 Å². The molecule has 0 radical (unpaired) electrons. The average molecular weight is 254 g/mol. The van der Waals surface area contributed by atoms with Gasteiger partial charge in [0.25, 0.3) is 0 Å². The molecular weight excluding hydrogens is 240 g/mol. The Balaban J connectivity index is 2.29.